The smallest absolute Gasteiger partial charge is 0.225 e. The summed E-state index contributed by atoms with van der Waals surface area (Å²) in [4.78, 5) is 14.2. The number of carbonyl (C=O) groups is 1. The van der Waals surface area contributed by atoms with Gasteiger partial charge in [-0.2, -0.15) is 0 Å². The molecule has 1 aliphatic carbocycles. The second-order valence-electron chi connectivity index (χ2n) is 5.33. The zero-order valence-electron chi connectivity index (χ0n) is 10.8. The van der Waals surface area contributed by atoms with E-state index in [1.165, 1.54) is 6.42 Å². The lowest BCUT2D eigenvalue weighted by molar-refractivity contribution is -0.146. The molecule has 2 aliphatic rings. The van der Waals surface area contributed by atoms with Gasteiger partial charge < -0.3 is 9.64 Å². The van der Waals surface area contributed by atoms with E-state index in [4.69, 9.17) is 16.3 Å². The van der Waals surface area contributed by atoms with Crippen LogP contribution in [0.15, 0.2) is 24.3 Å². The van der Waals surface area contributed by atoms with Gasteiger partial charge in [0.15, 0.2) is 0 Å². The molecule has 1 unspecified atom stereocenters. The van der Waals surface area contributed by atoms with Crippen LogP contribution in [0.1, 0.15) is 30.9 Å². The van der Waals surface area contributed by atoms with Crippen LogP contribution in [-0.2, 0) is 9.53 Å². The monoisotopic (exact) mass is 279 g/mol. The number of benzene rings is 1. The molecule has 0 N–H and O–H groups in total. The second-order valence-corrected chi connectivity index (χ2v) is 5.76. The molecular formula is C15H18ClNO2. The summed E-state index contributed by atoms with van der Waals surface area (Å²) in [5.74, 6) is 0.569. The molecule has 3 nitrogen and oxygen atoms in total. The van der Waals surface area contributed by atoms with Gasteiger partial charge in [0.2, 0.25) is 5.91 Å². The molecule has 1 saturated heterocycles. The Bertz CT molecular complexity index is 473. The van der Waals surface area contributed by atoms with Crippen LogP contribution in [-0.4, -0.2) is 30.5 Å². The summed E-state index contributed by atoms with van der Waals surface area (Å²) in [6.07, 6.45) is 3.26. The Kier molecular flexibility index (Phi) is 3.76. The lowest BCUT2D eigenvalue weighted by atomic mass is 9.84. The minimum Gasteiger partial charge on any atom is -0.370 e. The van der Waals surface area contributed by atoms with Gasteiger partial charge in [-0.1, -0.05) is 30.2 Å². The fourth-order valence-electron chi connectivity index (χ4n) is 2.67. The molecule has 1 aliphatic heterocycles. The van der Waals surface area contributed by atoms with E-state index in [0.717, 1.165) is 18.4 Å². The van der Waals surface area contributed by atoms with Crippen LogP contribution >= 0.6 is 11.6 Å². The Hall–Kier alpha value is -1.06. The number of nitrogens with zero attached hydrogens (tertiary/aromatic N) is 1. The van der Waals surface area contributed by atoms with Crippen molar-refractivity contribution in [2.75, 3.05) is 19.7 Å². The molecule has 19 heavy (non-hydrogen) atoms. The van der Waals surface area contributed by atoms with Crippen molar-refractivity contribution in [1.82, 2.24) is 4.90 Å². The van der Waals surface area contributed by atoms with E-state index < -0.39 is 0 Å². The van der Waals surface area contributed by atoms with E-state index in [1.807, 2.05) is 29.2 Å². The lowest BCUT2D eigenvalue weighted by Gasteiger charge is -2.37. The van der Waals surface area contributed by atoms with Gasteiger partial charge in [-0.15, -0.1) is 0 Å². The Labute approximate surface area is 118 Å². The fraction of sp³-hybridized carbons (Fsp3) is 0.533. The van der Waals surface area contributed by atoms with Crippen molar-refractivity contribution in [3.63, 3.8) is 0 Å². The first-order valence-electron chi connectivity index (χ1n) is 6.90. The van der Waals surface area contributed by atoms with Gasteiger partial charge in [0.05, 0.1) is 13.2 Å². The molecule has 1 aromatic carbocycles. The standard InChI is InChI=1S/C15H18ClNO2/c16-13-6-2-5-12(9-13)14-10-17(7-8-19-14)15(18)11-3-1-4-11/h2,5-6,9,11,14H,1,3-4,7-8,10H2. The predicted octanol–water partition coefficient (Wildman–Crippen LogP) is 3.04. The van der Waals surface area contributed by atoms with Crippen molar-refractivity contribution in [2.24, 2.45) is 5.92 Å². The number of hydrogen-bond acceptors (Lipinski definition) is 2. The van der Waals surface area contributed by atoms with E-state index in [9.17, 15) is 4.79 Å². The van der Waals surface area contributed by atoms with E-state index in [1.54, 1.807) is 0 Å². The van der Waals surface area contributed by atoms with Crippen molar-refractivity contribution >= 4 is 17.5 Å². The van der Waals surface area contributed by atoms with Crippen molar-refractivity contribution < 1.29 is 9.53 Å². The zero-order valence-corrected chi connectivity index (χ0v) is 11.6. The third kappa shape index (κ3) is 2.77. The van der Waals surface area contributed by atoms with E-state index in [0.29, 0.717) is 30.6 Å². The molecule has 3 rings (SSSR count). The molecule has 4 heteroatoms. The Morgan fingerprint density at radius 1 is 1.37 bits per heavy atom. The summed E-state index contributed by atoms with van der Waals surface area (Å²) in [5, 5.41) is 0.712. The lowest BCUT2D eigenvalue weighted by Crippen LogP contribution is -2.46. The molecule has 0 spiro atoms. The molecule has 102 valence electrons. The van der Waals surface area contributed by atoms with Crippen LogP contribution in [0.25, 0.3) is 0 Å². The van der Waals surface area contributed by atoms with Crippen LogP contribution in [0.5, 0.6) is 0 Å². The van der Waals surface area contributed by atoms with Crippen LogP contribution in [0.3, 0.4) is 0 Å². The molecule has 1 amide bonds. The largest absolute Gasteiger partial charge is 0.370 e. The molecule has 1 atom stereocenters. The highest BCUT2D eigenvalue weighted by atomic mass is 35.5. The van der Waals surface area contributed by atoms with Crippen molar-refractivity contribution in [1.29, 1.82) is 0 Å². The maximum absolute atomic E-state index is 12.3. The fourth-order valence-corrected chi connectivity index (χ4v) is 2.87. The van der Waals surface area contributed by atoms with Crippen LogP contribution in [0, 0.1) is 5.92 Å². The number of morpholine rings is 1. The summed E-state index contributed by atoms with van der Waals surface area (Å²) in [6, 6.07) is 7.70. The predicted molar refractivity (Wildman–Crippen MR) is 74.1 cm³/mol. The SMILES string of the molecule is O=C(C1CCC1)N1CCOC(c2cccc(Cl)c2)C1. The van der Waals surface area contributed by atoms with Gasteiger partial charge in [0.25, 0.3) is 0 Å². The van der Waals surface area contributed by atoms with Crippen molar-refractivity contribution in [3.8, 4) is 0 Å². The summed E-state index contributed by atoms with van der Waals surface area (Å²) >= 11 is 6.01. The number of rotatable bonds is 2. The van der Waals surface area contributed by atoms with Crippen LogP contribution in [0.4, 0.5) is 0 Å². The zero-order chi connectivity index (χ0) is 13.2. The van der Waals surface area contributed by atoms with Gasteiger partial charge in [0.1, 0.15) is 6.10 Å². The number of hydrogen-bond donors (Lipinski definition) is 0. The van der Waals surface area contributed by atoms with E-state index in [2.05, 4.69) is 0 Å². The Morgan fingerprint density at radius 3 is 2.89 bits per heavy atom. The summed E-state index contributed by atoms with van der Waals surface area (Å²) in [6.45, 7) is 1.97. The number of amides is 1. The van der Waals surface area contributed by atoms with Gasteiger partial charge >= 0.3 is 0 Å². The molecule has 0 aromatic heterocycles. The quantitative estimate of drug-likeness (QED) is 0.833. The average Bonchev–Trinajstić information content (AvgIpc) is 2.37. The normalized spacial score (nSPS) is 24.1. The highest BCUT2D eigenvalue weighted by Crippen LogP contribution is 2.31. The van der Waals surface area contributed by atoms with E-state index in [-0.39, 0.29) is 12.0 Å². The van der Waals surface area contributed by atoms with E-state index >= 15 is 0 Å². The maximum Gasteiger partial charge on any atom is 0.225 e. The van der Waals surface area contributed by atoms with Gasteiger partial charge in [-0.25, -0.2) is 0 Å². The molecule has 1 heterocycles. The Balaban J connectivity index is 1.69. The molecule has 1 saturated carbocycles. The molecule has 0 radical (unpaired) electrons. The molecular weight excluding hydrogens is 262 g/mol. The maximum atomic E-state index is 12.3. The first-order valence-corrected chi connectivity index (χ1v) is 7.27. The van der Waals surface area contributed by atoms with Crippen LogP contribution < -0.4 is 0 Å². The second kappa shape index (κ2) is 5.51. The first kappa shape index (κ1) is 12.9. The van der Waals surface area contributed by atoms with Crippen LogP contribution in [0.2, 0.25) is 5.02 Å². The minimum atomic E-state index is -0.0449. The van der Waals surface area contributed by atoms with Crippen molar-refractivity contribution in [2.45, 2.75) is 25.4 Å². The third-order valence-corrected chi connectivity index (χ3v) is 4.29. The molecule has 1 aromatic rings. The highest BCUT2D eigenvalue weighted by Gasteiger charge is 2.32. The topological polar surface area (TPSA) is 29.5 Å². The number of ether oxygens (including phenoxy) is 1. The van der Waals surface area contributed by atoms with Gasteiger partial charge in [-0.05, 0) is 30.5 Å². The Morgan fingerprint density at radius 2 is 2.21 bits per heavy atom. The third-order valence-electron chi connectivity index (χ3n) is 4.05. The van der Waals surface area contributed by atoms with Crippen molar-refractivity contribution in [3.05, 3.63) is 34.9 Å². The number of carbonyl (C=O) groups excluding carboxylic acids is 1. The summed E-state index contributed by atoms with van der Waals surface area (Å²) in [5.41, 5.74) is 1.05. The molecule has 0 bridgehead atoms. The summed E-state index contributed by atoms with van der Waals surface area (Å²) < 4.78 is 5.78. The number of halogens is 1. The van der Waals surface area contributed by atoms with Gasteiger partial charge in [-0.3, -0.25) is 4.79 Å². The summed E-state index contributed by atoms with van der Waals surface area (Å²) in [7, 11) is 0. The first-order chi connectivity index (χ1) is 9.24. The molecule has 2 fully saturated rings. The average molecular weight is 280 g/mol. The van der Waals surface area contributed by atoms with Gasteiger partial charge in [0, 0.05) is 17.5 Å². The minimum absolute atomic E-state index is 0.0449. The highest BCUT2D eigenvalue weighted by molar-refractivity contribution is 6.30.